The molecule has 0 unspecified atom stereocenters. The Bertz CT molecular complexity index is 1080. The minimum Gasteiger partial charge on any atom is -0.502 e. The van der Waals surface area contributed by atoms with Gasteiger partial charge in [0, 0.05) is 29.8 Å². The molecule has 3 rings (SSSR count). The Morgan fingerprint density at radius 3 is 2.83 bits per heavy atom. The van der Waals surface area contributed by atoms with E-state index in [0.717, 1.165) is 4.90 Å². The van der Waals surface area contributed by atoms with Gasteiger partial charge in [0.05, 0.1) is 36.4 Å². The molecule has 3 aromatic rings. The number of aromatic hydroxyl groups is 1. The fourth-order valence-corrected chi connectivity index (χ4v) is 3.93. The van der Waals surface area contributed by atoms with Crippen LogP contribution in [0.5, 0.6) is 5.75 Å². The number of nitrogens with zero attached hydrogens (tertiary/aromatic N) is 2. The van der Waals surface area contributed by atoms with Crippen LogP contribution < -0.4 is 5.43 Å². The summed E-state index contributed by atoms with van der Waals surface area (Å²) >= 11 is 7.57. The highest BCUT2D eigenvalue weighted by molar-refractivity contribution is 7.98. The molecule has 0 aliphatic heterocycles. The average Bonchev–Trinajstić information content (AvgIpc) is 3.14. The van der Waals surface area contributed by atoms with Gasteiger partial charge in [0.25, 0.3) is 0 Å². The molecule has 0 radical (unpaired) electrons. The lowest BCUT2D eigenvalue weighted by Crippen LogP contribution is -2.13. The van der Waals surface area contributed by atoms with Crippen molar-refractivity contribution in [1.29, 1.82) is 0 Å². The molecule has 7 nitrogen and oxygen atoms in total. The summed E-state index contributed by atoms with van der Waals surface area (Å²) in [5, 5.41) is 15.1. The van der Waals surface area contributed by atoms with Gasteiger partial charge < -0.3 is 14.3 Å². The molecule has 0 fully saturated rings. The Kier molecular flexibility index (Phi) is 6.66. The van der Waals surface area contributed by atoms with E-state index in [1.165, 1.54) is 24.9 Å². The number of ether oxygens (including phenoxy) is 1. The molecule has 1 N–H and O–H groups in total. The maximum Gasteiger partial charge on any atom is 0.306 e. The minimum atomic E-state index is -0.714. The number of hydrogen-bond acceptors (Lipinski definition) is 7. The highest BCUT2D eigenvalue weighted by Crippen LogP contribution is 2.35. The first-order chi connectivity index (χ1) is 13.9. The topological polar surface area (TPSA) is 94.6 Å². The predicted molar refractivity (Wildman–Crippen MR) is 109 cm³/mol. The molecule has 0 saturated carbocycles. The lowest BCUT2D eigenvalue weighted by molar-refractivity contribution is -0.140. The molecular weight excluding hydrogens is 416 g/mol. The van der Waals surface area contributed by atoms with Gasteiger partial charge in [-0.3, -0.25) is 14.3 Å². The van der Waals surface area contributed by atoms with E-state index in [2.05, 4.69) is 5.10 Å². The highest BCUT2D eigenvalue weighted by Gasteiger charge is 2.27. The zero-order chi connectivity index (χ0) is 21.0. The molecule has 0 spiro atoms. The number of halogens is 1. The monoisotopic (exact) mass is 434 g/mol. The molecule has 0 aliphatic rings. The quantitative estimate of drug-likeness (QED) is 0.447. The van der Waals surface area contributed by atoms with Gasteiger partial charge in [-0.25, -0.2) is 0 Å². The number of aryl methyl sites for hydroxylation is 1. The molecule has 9 heteroatoms. The third kappa shape index (κ3) is 5.02. The Labute approximate surface area is 176 Å². The van der Waals surface area contributed by atoms with E-state index in [4.69, 9.17) is 20.8 Å². The first kappa shape index (κ1) is 21.0. The standard InChI is InChI=1S/C20H19ClN2O5S/c1-23-10-12(9-22-23)14(8-18(25)27-2)20-19(26)16(24)7-13(28-20)11-29-17-6-4-3-5-15(17)21/h3-7,9-10,14,26H,8,11H2,1-2H3/t14-/m1/s1. The summed E-state index contributed by atoms with van der Waals surface area (Å²) in [6.07, 6.45) is 3.14. The normalized spacial score (nSPS) is 12.0. The number of aromatic nitrogens is 2. The number of thioether (sulfide) groups is 1. The van der Waals surface area contributed by atoms with Gasteiger partial charge in [0.2, 0.25) is 11.2 Å². The molecule has 152 valence electrons. The minimum absolute atomic E-state index is 0.00524. The van der Waals surface area contributed by atoms with Crippen molar-refractivity contribution < 1.29 is 19.1 Å². The lowest BCUT2D eigenvalue weighted by Gasteiger charge is -2.15. The number of hydrogen-bond donors (Lipinski definition) is 1. The number of rotatable bonds is 7. The second kappa shape index (κ2) is 9.19. The Balaban J connectivity index is 1.96. The number of esters is 1. The van der Waals surface area contributed by atoms with Crippen LogP contribution in [0.1, 0.15) is 29.4 Å². The Morgan fingerprint density at radius 2 is 2.17 bits per heavy atom. The van der Waals surface area contributed by atoms with Crippen molar-refractivity contribution in [3.05, 3.63) is 75.1 Å². The molecule has 1 atom stereocenters. The van der Waals surface area contributed by atoms with E-state index in [-0.39, 0.29) is 12.2 Å². The third-order valence-corrected chi connectivity index (χ3v) is 5.79. The van der Waals surface area contributed by atoms with Crippen molar-refractivity contribution in [3.8, 4) is 5.75 Å². The first-order valence-electron chi connectivity index (χ1n) is 8.67. The maximum absolute atomic E-state index is 12.4. The van der Waals surface area contributed by atoms with E-state index in [9.17, 15) is 14.7 Å². The van der Waals surface area contributed by atoms with Crippen LogP contribution in [0.2, 0.25) is 5.02 Å². The summed E-state index contributed by atoms with van der Waals surface area (Å²) in [6, 6.07) is 8.57. The van der Waals surface area contributed by atoms with Gasteiger partial charge in [-0.05, 0) is 12.1 Å². The van der Waals surface area contributed by atoms with E-state index < -0.39 is 23.1 Å². The van der Waals surface area contributed by atoms with Crippen LogP contribution in [-0.4, -0.2) is 28.0 Å². The zero-order valence-corrected chi connectivity index (χ0v) is 17.4. The van der Waals surface area contributed by atoms with E-state index in [1.54, 1.807) is 30.2 Å². The van der Waals surface area contributed by atoms with E-state index >= 15 is 0 Å². The van der Waals surface area contributed by atoms with Gasteiger partial charge in [-0.1, -0.05) is 23.7 Å². The van der Waals surface area contributed by atoms with Crippen molar-refractivity contribution in [2.75, 3.05) is 7.11 Å². The van der Waals surface area contributed by atoms with Crippen LogP contribution in [0.3, 0.4) is 0 Å². The molecule has 2 heterocycles. The van der Waals surface area contributed by atoms with E-state index in [0.29, 0.717) is 22.1 Å². The van der Waals surface area contributed by atoms with Crippen LogP contribution >= 0.6 is 23.4 Å². The molecule has 29 heavy (non-hydrogen) atoms. The summed E-state index contributed by atoms with van der Waals surface area (Å²) in [4.78, 5) is 25.1. The summed E-state index contributed by atoms with van der Waals surface area (Å²) < 4.78 is 12.2. The van der Waals surface area contributed by atoms with Crippen molar-refractivity contribution in [2.24, 2.45) is 7.05 Å². The molecule has 2 aromatic heterocycles. The smallest absolute Gasteiger partial charge is 0.306 e. The summed E-state index contributed by atoms with van der Waals surface area (Å²) in [5.74, 6) is -1.07. The van der Waals surface area contributed by atoms with Gasteiger partial charge in [-0.2, -0.15) is 5.10 Å². The molecule has 0 bridgehead atoms. The van der Waals surface area contributed by atoms with Crippen LogP contribution in [-0.2, 0) is 22.3 Å². The molecule has 0 saturated heterocycles. The second-order valence-electron chi connectivity index (χ2n) is 6.29. The van der Waals surface area contributed by atoms with Crippen molar-refractivity contribution in [3.63, 3.8) is 0 Å². The largest absolute Gasteiger partial charge is 0.502 e. The fourth-order valence-electron chi connectivity index (χ4n) is 2.81. The van der Waals surface area contributed by atoms with Crippen LogP contribution in [0.4, 0.5) is 0 Å². The van der Waals surface area contributed by atoms with Crippen molar-refractivity contribution in [2.45, 2.75) is 23.0 Å². The fraction of sp³-hybridized carbons (Fsp3) is 0.250. The van der Waals surface area contributed by atoms with E-state index in [1.807, 2.05) is 18.2 Å². The highest BCUT2D eigenvalue weighted by atomic mass is 35.5. The number of methoxy groups -OCH3 is 1. The van der Waals surface area contributed by atoms with Crippen molar-refractivity contribution >= 4 is 29.3 Å². The first-order valence-corrected chi connectivity index (χ1v) is 10.0. The van der Waals surface area contributed by atoms with Crippen molar-refractivity contribution in [1.82, 2.24) is 9.78 Å². The third-order valence-electron chi connectivity index (χ3n) is 4.25. The molecule has 0 aliphatic carbocycles. The number of carbonyl (C=O) groups excluding carboxylic acids is 1. The molecule has 1 aromatic carbocycles. The lowest BCUT2D eigenvalue weighted by atomic mass is 9.95. The Hall–Kier alpha value is -2.71. The summed E-state index contributed by atoms with van der Waals surface area (Å²) in [7, 11) is 3.00. The predicted octanol–water partition coefficient (Wildman–Crippen LogP) is 3.72. The zero-order valence-electron chi connectivity index (χ0n) is 15.8. The van der Waals surface area contributed by atoms with Crippen LogP contribution in [0, 0.1) is 0 Å². The summed E-state index contributed by atoms with van der Waals surface area (Å²) in [6.45, 7) is 0. The van der Waals surface area contributed by atoms with Gasteiger partial charge in [-0.15, -0.1) is 11.8 Å². The second-order valence-corrected chi connectivity index (χ2v) is 7.71. The van der Waals surface area contributed by atoms with Gasteiger partial charge in [0.15, 0.2) is 5.76 Å². The Morgan fingerprint density at radius 1 is 1.41 bits per heavy atom. The number of carbonyl (C=O) groups is 1. The summed E-state index contributed by atoms with van der Waals surface area (Å²) in [5.41, 5.74) is 0.0343. The maximum atomic E-state index is 12.4. The SMILES string of the molecule is COC(=O)C[C@H](c1cnn(C)c1)c1oc(CSc2ccccc2Cl)cc(=O)c1O. The average molecular weight is 435 g/mol. The molecule has 0 amide bonds. The van der Waals surface area contributed by atoms with Gasteiger partial charge >= 0.3 is 5.97 Å². The molecular formula is C20H19ClN2O5S. The van der Waals surface area contributed by atoms with Crippen LogP contribution in [0.15, 0.2) is 56.8 Å². The number of benzene rings is 1. The van der Waals surface area contributed by atoms with Gasteiger partial charge in [0.1, 0.15) is 5.76 Å². The van der Waals surface area contributed by atoms with Crippen LogP contribution in [0.25, 0.3) is 0 Å².